The maximum atomic E-state index is 10.4. The lowest BCUT2D eigenvalue weighted by Crippen LogP contribution is -1.88. The van der Waals surface area contributed by atoms with Crippen molar-refractivity contribution in [3.05, 3.63) is 29.8 Å². The molecule has 0 radical (unpaired) electrons. The predicted octanol–water partition coefficient (Wildman–Crippen LogP) is 1.66. The van der Waals surface area contributed by atoms with E-state index in [9.17, 15) is 8.76 Å². The van der Waals surface area contributed by atoms with E-state index in [2.05, 4.69) is 0 Å². The molecule has 0 heterocycles. The third-order valence-electron chi connectivity index (χ3n) is 1.27. The van der Waals surface area contributed by atoms with Crippen LogP contribution >= 0.6 is 11.6 Å². The number of benzene rings is 1. The molecule has 0 spiro atoms. The van der Waals surface area contributed by atoms with Crippen LogP contribution in [0.4, 0.5) is 0 Å². The molecule has 0 aliphatic rings. The third-order valence-corrected chi connectivity index (χ3v) is 2.24. The minimum Gasteiger partial charge on any atom is -0.768 e. The molecule has 0 saturated carbocycles. The maximum Gasteiger partial charge on any atom is 0.0474 e. The van der Waals surface area contributed by atoms with E-state index >= 15 is 0 Å². The summed E-state index contributed by atoms with van der Waals surface area (Å²) in [5.74, 6) is 0.409. The van der Waals surface area contributed by atoms with Crippen molar-refractivity contribution in [1.29, 1.82) is 0 Å². The van der Waals surface area contributed by atoms with E-state index in [1.165, 1.54) is 12.1 Å². The van der Waals surface area contributed by atoms with Crippen LogP contribution in [0.3, 0.4) is 0 Å². The predicted molar refractivity (Wildman–Crippen MR) is 43.2 cm³/mol. The molecular formula is C7H6ClO2S-. The van der Waals surface area contributed by atoms with E-state index < -0.39 is 11.1 Å². The van der Waals surface area contributed by atoms with Crippen LogP contribution in [0.1, 0.15) is 5.56 Å². The van der Waals surface area contributed by atoms with Gasteiger partial charge in [-0.1, -0.05) is 12.1 Å². The van der Waals surface area contributed by atoms with Crippen molar-refractivity contribution in [2.75, 3.05) is 0 Å². The quantitative estimate of drug-likeness (QED) is 0.525. The van der Waals surface area contributed by atoms with Gasteiger partial charge in [-0.3, -0.25) is 4.21 Å². The topological polar surface area (TPSA) is 40.1 Å². The van der Waals surface area contributed by atoms with E-state index in [0.717, 1.165) is 5.56 Å². The molecule has 0 aliphatic heterocycles. The SMILES string of the molecule is O=S([O-])c1ccc(CCl)cc1. The van der Waals surface area contributed by atoms with Crippen LogP contribution < -0.4 is 0 Å². The number of rotatable bonds is 2. The Kier molecular flexibility index (Phi) is 3.05. The van der Waals surface area contributed by atoms with Crippen molar-refractivity contribution in [3.63, 3.8) is 0 Å². The van der Waals surface area contributed by atoms with Crippen molar-refractivity contribution in [3.8, 4) is 0 Å². The molecule has 1 rings (SSSR count). The number of hydrogen-bond acceptors (Lipinski definition) is 2. The molecule has 0 N–H and O–H groups in total. The van der Waals surface area contributed by atoms with Crippen molar-refractivity contribution >= 4 is 22.7 Å². The second-order valence-corrected chi connectivity index (χ2v) is 3.22. The molecule has 1 atom stereocenters. The summed E-state index contributed by atoms with van der Waals surface area (Å²) in [5.41, 5.74) is 0.917. The van der Waals surface area contributed by atoms with E-state index in [1.54, 1.807) is 12.1 Å². The molecule has 0 fully saturated rings. The van der Waals surface area contributed by atoms with Crippen LogP contribution in [0, 0.1) is 0 Å². The Balaban J connectivity index is 2.91. The van der Waals surface area contributed by atoms with Gasteiger partial charge >= 0.3 is 0 Å². The molecule has 60 valence electrons. The lowest BCUT2D eigenvalue weighted by Gasteiger charge is -2.04. The fourth-order valence-electron chi connectivity index (χ4n) is 0.690. The van der Waals surface area contributed by atoms with Crippen LogP contribution in [0.5, 0.6) is 0 Å². The van der Waals surface area contributed by atoms with E-state index in [4.69, 9.17) is 11.6 Å². The average molecular weight is 190 g/mol. The van der Waals surface area contributed by atoms with Crippen molar-refractivity contribution in [2.45, 2.75) is 10.8 Å². The van der Waals surface area contributed by atoms with Gasteiger partial charge in [-0.2, -0.15) is 0 Å². The third kappa shape index (κ3) is 2.29. The van der Waals surface area contributed by atoms with Gasteiger partial charge in [0.05, 0.1) is 0 Å². The van der Waals surface area contributed by atoms with Crippen LogP contribution in [-0.2, 0) is 17.0 Å². The Morgan fingerprint density at radius 1 is 1.36 bits per heavy atom. The zero-order valence-corrected chi connectivity index (χ0v) is 7.19. The average Bonchev–Trinajstić information content (AvgIpc) is 2.05. The smallest absolute Gasteiger partial charge is 0.0474 e. The fourth-order valence-corrected chi connectivity index (χ4v) is 1.23. The molecular weight excluding hydrogens is 184 g/mol. The molecule has 0 amide bonds. The molecule has 1 aromatic carbocycles. The molecule has 4 heteroatoms. The highest BCUT2D eigenvalue weighted by atomic mass is 35.5. The molecule has 0 saturated heterocycles. The highest BCUT2D eigenvalue weighted by Crippen LogP contribution is 2.08. The van der Waals surface area contributed by atoms with Crippen molar-refractivity contribution in [2.24, 2.45) is 0 Å². The van der Waals surface area contributed by atoms with E-state index in [0.29, 0.717) is 10.8 Å². The first-order chi connectivity index (χ1) is 5.24. The fraction of sp³-hybridized carbons (Fsp3) is 0.143. The van der Waals surface area contributed by atoms with Gasteiger partial charge in [-0.25, -0.2) is 0 Å². The van der Waals surface area contributed by atoms with Gasteiger partial charge in [0.15, 0.2) is 0 Å². The summed E-state index contributed by atoms with van der Waals surface area (Å²) in [5, 5.41) is 0. The van der Waals surface area contributed by atoms with E-state index in [1.807, 2.05) is 0 Å². The number of alkyl halides is 1. The summed E-state index contributed by atoms with van der Waals surface area (Å²) in [6.45, 7) is 0. The molecule has 0 bridgehead atoms. The summed E-state index contributed by atoms with van der Waals surface area (Å²) in [6.07, 6.45) is 0. The van der Waals surface area contributed by atoms with Crippen LogP contribution in [0.2, 0.25) is 0 Å². The van der Waals surface area contributed by atoms with Gasteiger partial charge in [-0.15, -0.1) is 11.6 Å². The van der Waals surface area contributed by atoms with Gasteiger partial charge in [0.25, 0.3) is 0 Å². The molecule has 0 aromatic heterocycles. The minimum atomic E-state index is -2.13. The van der Waals surface area contributed by atoms with Crippen molar-refractivity contribution < 1.29 is 8.76 Å². The maximum absolute atomic E-state index is 10.4. The normalized spacial score (nSPS) is 12.9. The summed E-state index contributed by atoms with van der Waals surface area (Å²) < 4.78 is 20.7. The standard InChI is InChI=1S/C7H7ClO2S/c8-5-6-1-3-7(4-2-6)11(9)10/h1-4H,5H2,(H,9,10)/p-1. The lowest BCUT2D eigenvalue weighted by molar-refractivity contribution is 0.537. The Hall–Kier alpha value is -0.380. The first kappa shape index (κ1) is 8.71. The van der Waals surface area contributed by atoms with Gasteiger partial charge in [0.1, 0.15) is 0 Å². The van der Waals surface area contributed by atoms with Gasteiger partial charge < -0.3 is 4.55 Å². The summed E-state index contributed by atoms with van der Waals surface area (Å²) in [6, 6.07) is 6.44. The largest absolute Gasteiger partial charge is 0.768 e. The Morgan fingerprint density at radius 2 is 1.91 bits per heavy atom. The molecule has 1 aromatic rings. The zero-order chi connectivity index (χ0) is 8.27. The van der Waals surface area contributed by atoms with Crippen LogP contribution in [-0.4, -0.2) is 8.76 Å². The monoisotopic (exact) mass is 189 g/mol. The Morgan fingerprint density at radius 3 is 2.27 bits per heavy atom. The molecule has 0 aliphatic carbocycles. The Bertz CT molecular complexity index is 258. The first-order valence-corrected chi connectivity index (χ1v) is 4.59. The molecule has 2 nitrogen and oxygen atoms in total. The zero-order valence-electron chi connectivity index (χ0n) is 5.62. The van der Waals surface area contributed by atoms with Gasteiger partial charge in [0, 0.05) is 10.8 Å². The highest BCUT2D eigenvalue weighted by Gasteiger charge is 1.91. The number of halogens is 1. The van der Waals surface area contributed by atoms with Gasteiger partial charge in [0.2, 0.25) is 0 Å². The summed E-state index contributed by atoms with van der Waals surface area (Å²) in [4.78, 5) is 0.291. The summed E-state index contributed by atoms with van der Waals surface area (Å²) >= 11 is 3.37. The number of hydrogen-bond donors (Lipinski definition) is 0. The second kappa shape index (κ2) is 3.85. The van der Waals surface area contributed by atoms with Crippen LogP contribution in [0.25, 0.3) is 0 Å². The summed E-state index contributed by atoms with van der Waals surface area (Å²) in [7, 11) is 0. The second-order valence-electron chi connectivity index (χ2n) is 2.01. The molecule has 11 heavy (non-hydrogen) atoms. The van der Waals surface area contributed by atoms with Gasteiger partial charge in [-0.05, 0) is 28.8 Å². The van der Waals surface area contributed by atoms with Crippen molar-refractivity contribution in [1.82, 2.24) is 0 Å². The minimum absolute atomic E-state index is 0.291. The molecule has 1 unspecified atom stereocenters. The first-order valence-electron chi connectivity index (χ1n) is 2.98. The highest BCUT2D eigenvalue weighted by molar-refractivity contribution is 7.79. The van der Waals surface area contributed by atoms with Crippen LogP contribution in [0.15, 0.2) is 29.2 Å². The lowest BCUT2D eigenvalue weighted by atomic mass is 10.2. The Labute approximate surface area is 72.5 Å². The van der Waals surface area contributed by atoms with E-state index in [-0.39, 0.29) is 0 Å².